The van der Waals surface area contributed by atoms with E-state index in [1.807, 2.05) is 31.1 Å². The molecule has 0 amide bonds. The summed E-state index contributed by atoms with van der Waals surface area (Å²) in [7, 11) is 3.89. The molecule has 3 nitrogen and oxygen atoms in total. The molecule has 18 heavy (non-hydrogen) atoms. The summed E-state index contributed by atoms with van der Waals surface area (Å²) in [6, 6.07) is 6.90. The van der Waals surface area contributed by atoms with Crippen LogP contribution >= 0.6 is 0 Å². The first-order valence-electron chi connectivity index (χ1n) is 6.35. The number of halogens is 1. The van der Waals surface area contributed by atoms with Crippen molar-refractivity contribution in [3.05, 3.63) is 30.1 Å². The highest BCUT2D eigenvalue weighted by atomic mass is 19.1. The average molecular weight is 252 g/mol. The first-order valence-corrected chi connectivity index (χ1v) is 6.35. The number of nitrogens with one attached hydrogen (secondary N) is 1. The van der Waals surface area contributed by atoms with Crippen molar-refractivity contribution in [3.8, 4) is 0 Å². The number of hydrogen-bond acceptors (Lipinski definition) is 3. The van der Waals surface area contributed by atoms with Gasteiger partial charge in [-0.1, -0.05) is 12.1 Å². The van der Waals surface area contributed by atoms with Gasteiger partial charge in [-0.25, -0.2) is 4.39 Å². The minimum atomic E-state index is -0.168. The number of hydrogen-bond donors (Lipinski definition) is 1. The van der Waals surface area contributed by atoms with Crippen molar-refractivity contribution in [2.45, 2.75) is 6.42 Å². The second kappa shape index (κ2) is 5.67. The lowest BCUT2D eigenvalue weighted by Gasteiger charge is -2.33. The zero-order valence-electron chi connectivity index (χ0n) is 11.1. The van der Waals surface area contributed by atoms with Crippen LogP contribution in [0.3, 0.4) is 0 Å². The molecule has 100 valence electrons. The summed E-state index contributed by atoms with van der Waals surface area (Å²) in [5.41, 5.74) is 0.742. The summed E-state index contributed by atoms with van der Waals surface area (Å²) >= 11 is 0. The van der Waals surface area contributed by atoms with Gasteiger partial charge in [0.25, 0.3) is 0 Å². The van der Waals surface area contributed by atoms with E-state index in [1.165, 1.54) is 6.07 Å². The Labute approximate surface area is 108 Å². The Bertz CT molecular complexity index is 391. The smallest absolute Gasteiger partial charge is 0.146 e. The second-order valence-electron chi connectivity index (χ2n) is 5.14. The summed E-state index contributed by atoms with van der Waals surface area (Å²) in [6.45, 7) is 3.24. The van der Waals surface area contributed by atoms with Crippen molar-refractivity contribution in [1.29, 1.82) is 0 Å². The molecule has 1 heterocycles. The van der Waals surface area contributed by atoms with E-state index in [0.717, 1.165) is 32.7 Å². The van der Waals surface area contributed by atoms with Crippen LogP contribution in [0.5, 0.6) is 0 Å². The van der Waals surface area contributed by atoms with Gasteiger partial charge >= 0.3 is 0 Å². The van der Waals surface area contributed by atoms with Gasteiger partial charge < -0.3 is 15.0 Å². The lowest BCUT2D eigenvalue weighted by molar-refractivity contribution is 0.153. The third-order valence-corrected chi connectivity index (χ3v) is 3.57. The van der Waals surface area contributed by atoms with Crippen LogP contribution in [0.2, 0.25) is 0 Å². The Morgan fingerprint density at radius 1 is 1.44 bits per heavy atom. The van der Waals surface area contributed by atoms with Crippen molar-refractivity contribution in [2.75, 3.05) is 45.3 Å². The number of ether oxygens (including phenoxy) is 1. The normalized spacial score (nSPS) is 23.3. The number of benzene rings is 1. The Morgan fingerprint density at radius 2 is 2.22 bits per heavy atom. The summed E-state index contributed by atoms with van der Waals surface area (Å²) in [6.07, 6.45) is 1.02. The largest absolute Gasteiger partial charge is 0.381 e. The van der Waals surface area contributed by atoms with E-state index in [0.29, 0.717) is 5.69 Å². The van der Waals surface area contributed by atoms with Crippen LogP contribution in [0.15, 0.2) is 24.3 Å². The second-order valence-corrected chi connectivity index (χ2v) is 5.14. The SMILES string of the molecule is CNCC1(CN(C)c2ccccc2F)CCOC1. The Balaban J connectivity index is 2.10. The van der Waals surface area contributed by atoms with Crippen LogP contribution < -0.4 is 10.2 Å². The molecule has 1 unspecified atom stereocenters. The maximum absolute atomic E-state index is 13.7. The molecule has 1 aliphatic heterocycles. The number of rotatable bonds is 5. The fourth-order valence-electron chi connectivity index (χ4n) is 2.69. The van der Waals surface area contributed by atoms with Crippen LogP contribution in [0.25, 0.3) is 0 Å². The van der Waals surface area contributed by atoms with Crippen molar-refractivity contribution >= 4 is 5.69 Å². The molecule has 1 aliphatic rings. The van der Waals surface area contributed by atoms with E-state index in [9.17, 15) is 4.39 Å². The van der Waals surface area contributed by atoms with Crippen molar-refractivity contribution in [3.63, 3.8) is 0 Å². The van der Waals surface area contributed by atoms with Crippen LogP contribution in [0, 0.1) is 11.2 Å². The molecule has 1 N–H and O–H groups in total. The fraction of sp³-hybridized carbons (Fsp3) is 0.571. The first kappa shape index (κ1) is 13.3. The molecule has 0 bridgehead atoms. The summed E-state index contributed by atoms with van der Waals surface area (Å²) in [5.74, 6) is -0.168. The van der Waals surface area contributed by atoms with E-state index >= 15 is 0 Å². The minimum Gasteiger partial charge on any atom is -0.381 e. The third kappa shape index (κ3) is 2.82. The zero-order chi connectivity index (χ0) is 13.0. The lowest BCUT2D eigenvalue weighted by atomic mass is 9.86. The van der Waals surface area contributed by atoms with E-state index in [2.05, 4.69) is 5.32 Å². The molecule has 1 saturated heterocycles. The average Bonchev–Trinajstić information content (AvgIpc) is 2.78. The minimum absolute atomic E-state index is 0.0891. The quantitative estimate of drug-likeness (QED) is 0.866. The lowest BCUT2D eigenvalue weighted by Crippen LogP contribution is -2.43. The first-order chi connectivity index (χ1) is 8.67. The van der Waals surface area contributed by atoms with Gasteiger partial charge in [-0.15, -0.1) is 0 Å². The third-order valence-electron chi connectivity index (χ3n) is 3.57. The zero-order valence-corrected chi connectivity index (χ0v) is 11.1. The molecule has 1 fully saturated rings. The Kier molecular flexibility index (Phi) is 4.19. The number of para-hydroxylation sites is 1. The fourth-order valence-corrected chi connectivity index (χ4v) is 2.69. The summed E-state index contributed by atoms with van der Waals surface area (Å²) in [5, 5.41) is 3.22. The molecular formula is C14H21FN2O. The highest BCUT2D eigenvalue weighted by Gasteiger charge is 2.35. The highest BCUT2D eigenvalue weighted by molar-refractivity contribution is 5.47. The maximum Gasteiger partial charge on any atom is 0.146 e. The van der Waals surface area contributed by atoms with E-state index in [4.69, 9.17) is 4.74 Å². The van der Waals surface area contributed by atoms with Crippen LogP contribution in [-0.2, 0) is 4.74 Å². The molecule has 1 atom stereocenters. The molecule has 0 spiro atoms. The predicted molar refractivity (Wildman–Crippen MR) is 71.5 cm³/mol. The van der Waals surface area contributed by atoms with Crippen molar-refractivity contribution in [2.24, 2.45) is 5.41 Å². The van der Waals surface area contributed by atoms with Gasteiger partial charge in [0.1, 0.15) is 5.82 Å². The van der Waals surface area contributed by atoms with Crippen molar-refractivity contribution < 1.29 is 9.13 Å². The van der Waals surface area contributed by atoms with Gasteiger partial charge in [0.15, 0.2) is 0 Å². The number of nitrogens with zero attached hydrogens (tertiary/aromatic N) is 1. The maximum atomic E-state index is 13.7. The summed E-state index contributed by atoms with van der Waals surface area (Å²) < 4.78 is 19.3. The number of anilines is 1. The van der Waals surface area contributed by atoms with Gasteiger partial charge in [-0.05, 0) is 25.6 Å². The van der Waals surface area contributed by atoms with Gasteiger partial charge in [0.2, 0.25) is 0 Å². The van der Waals surface area contributed by atoms with E-state index in [1.54, 1.807) is 6.07 Å². The van der Waals surface area contributed by atoms with Gasteiger partial charge in [0.05, 0.1) is 12.3 Å². The van der Waals surface area contributed by atoms with Crippen LogP contribution in [0.4, 0.5) is 10.1 Å². The van der Waals surface area contributed by atoms with Gasteiger partial charge in [-0.3, -0.25) is 0 Å². The Hall–Kier alpha value is -1.13. The standard InChI is InChI=1S/C14H21FN2O/c1-16-9-14(7-8-18-11-14)10-17(2)13-6-4-3-5-12(13)15/h3-6,16H,7-11H2,1-2H3. The highest BCUT2D eigenvalue weighted by Crippen LogP contribution is 2.31. The molecule has 0 radical (unpaired) electrons. The van der Waals surface area contributed by atoms with Gasteiger partial charge in [-0.2, -0.15) is 0 Å². The predicted octanol–water partition coefficient (Wildman–Crippen LogP) is 1.89. The van der Waals surface area contributed by atoms with E-state index < -0.39 is 0 Å². The van der Waals surface area contributed by atoms with Crippen molar-refractivity contribution in [1.82, 2.24) is 5.32 Å². The van der Waals surface area contributed by atoms with E-state index in [-0.39, 0.29) is 11.2 Å². The Morgan fingerprint density at radius 3 is 2.83 bits per heavy atom. The molecule has 0 aliphatic carbocycles. The van der Waals surface area contributed by atoms with Crippen LogP contribution in [0.1, 0.15) is 6.42 Å². The van der Waals surface area contributed by atoms with Crippen LogP contribution in [-0.4, -0.2) is 40.4 Å². The topological polar surface area (TPSA) is 24.5 Å². The van der Waals surface area contributed by atoms with Gasteiger partial charge in [0, 0.05) is 32.2 Å². The molecule has 2 rings (SSSR count). The molecule has 0 saturated carbocycles. The summed E-state index contributed by atoms with van der Waals surface area (Å²) in [4.78, 5) is 1.99. The molecule has 1 aromatic rings. The molecule has 1 aromatic carbocycles. The monoisotopic (exact) mass is 252 g/mol. The molecular weight excluding hydrogens is 231 g/mol. The molecule has 4 heteroatoms. The molecule has 0 aromatic heterocycles.